The molecule has 0 bridgehead atoms. The first kappa shape index (κ1) is 25.8. The van der Waals surface area contributed by atoms with Crippen LogP contribution in [0.1, 0.15) is 12.8 Å². The Morgan fingerprint density at radius 2 is 1.69 bits per heavy atom. The summed E-state index contributed by atoms with van der Waals surface area (Å²) in [6.45, 7) is 0. The number of pyridine rings is 2. The molecule has 1 fully saturated rings. The third kappa shape index (κ3) is 4.90. The second-order valence-electron chi connectivity index (χ2n) is 9.00. The van der Waals surface area contributed by atoms with Gasteiger partial charge < -0.3 is 24.4 Å². The maximum atomic E-state index is 15.0. The summed E-state index contributed by atoms with van der Waals surface area (Å²) < 4.78 is 44.6. The van der Waals surface area contributed by atoms with Gasteiger partial charge in [-0.2, -0.15) is 0 Å². The number of anilines is 2. The lowest BCUT2D eigenvalue weighted by Crippen LogP contribution is -2.41. The molecule has 1 aliphatic carbocycles. The lowest BCUT2D eigenvalue weighted by atomic mass is 10.0. The predicted octanol–water partition coefficient (Wildman–Crippen LogP) is 5.10. The fraction of sp³-hybridized carbons (Fsp3) is 0.214. The molecule has 0 radical (unpaired) electrons. The van der Waals surface area contributed by atoms with Crippen LogP contribution < -0.4 is 24.4 Å². The lowest BCUT2D eigenvalue weighted by molar-refractivity contribution is -0.132. The van der Waals surface area contributed by atoms with Gasteiger partial charge in [-0.25, -0.2) is 13.8 Å². The highest BCUT2D eigenvalue weighted by molar-refractivity contribution is 6.17. The lowest BCUT2D eigenvalue weighted by Gasteiger charge is -2.23. The van der Waals surface area contributed by atoms with E-state index in [-0.39, 0.29) is 23.1 Å². The number of nitrogens with one attached hydrogen (secondary N) is 1. The van der Waals surface area contributed by atoms with Crippen LogP contribution in [0.4, 0.5) is 20.2 Å². The molecule has 0 spiro atoms. The van der Waals surface area contributed by atoms with Crippen LogP contribution in [-0.2, 0) is 9.59 Å². The molecular weight excluding hydrogens is 510 g/mol. The Morgan fingerprint density at radius 1 is 0.949 bits per heavy atom. The van der Waals surface area contributed by atoms with Crippen molar-refractivity contribution in [3.8, 4) is 23.1 Å². The van der Waals surface area contributed by atoms with Crippen LogP contribution >= 0.6 is 0 Å². The molecule has 0 unspecified atom stereocenters. The van der Waals surface area contributed by atoms with E-state index in [4.69, 9.17) is 14.2 Å². The van der Waals surface area contributed by atoms with E-state index in [0.29, 0.717) is 35.3 Å². The largest absolute Gasteiger partial charge is 0.491 e. The first-order valence-electron chi connectivity index (χ1n) is 12.0. The molecule has 1 saturated carbocycles. The summed E-state index contributed by atoms with van der Waals surface area (Å²) in [5.41, 5.74) is 0.154. The summed E-state index contributed by atoms with van der Waals surface area (Å²) in [5, 5.41) is 2.64. The number of hydrogen-bond acceptors (Lipinski definition) is 7. The van der Waals surface area contributed by atoms with Crippen molar-refractivity contribution in [3.63, 3.8) is 0 Å². The number of fused-ring (bicyclic) bond motifs is 1. The highest BCUT2D eigenvalue weighted by Crippen LogP contribution is 2.48. The van der Waals surface area contributed by atoms with Crippen molar-refractivity contribution in [2.24, 2.45) is 5.41 Å². The smallest absolute Gasteiger partial charge is 0.257 e. The third-order valence-corrected chi connectivity index (χ3v) is 6.54. The van der Waals surface area contributed by atoms with Crippen LogP contribution in [0.15, 0.2) is 60.8 Å². The van der Waals surface area contributed by atoms with Crippen LogP contribution in [0.3, 0.4) is 0 Å². The van der Waals surface area contributed by atoms with Crippen molar-refractivity contribution in [2.45, 2.75) is 12.8 Å². The Bertz CT molecular complexity index is 1570. The van der Waals surface area contributed by atoms with E-state index in [0.717, 1.165) is 6.07 Å². The van der Waals surface area contributed by atoms with E-state index in [2.05, 4.69) is 15.3 Å². The van der Waals surface area contributed by atoms with E-state index < -0.39 is 28.9 Å². The number of methoxy groups -OCH3 is 2. The van der Waals surface area contributed by atoms with Crippen LogP contribution in [0.5, 0.6) is 23.1 Å². The highest BCUT2D eigenvalue weighted by Gasteiger charge is 2.57. The summed E-state index contributed by atoms with van der Waals surface area (Å²) in [6.07, 6.45) is 2.19. The van der Waals surface area contributed by atoms with Crippen LogP contribution in [-0.4, -0.2) is 43.0 Å². The average Bonchev–Trinajstić information content (AvgIpc) is 3.76. The van der Waals surface area contributed by atoms with Crippen molar-refractivity contribution >= 4 is 34.2 Å². The molecular formula is C28H24F2N4O5. The van der Waals surface area contributed by atoms with E-state index >= 15 is 4.39 Å². The van der Waals surface area contributed by atoms with E-state index in [9.17, 15) is 14.0 Å². The van der Waals surface area contributed by atoms with Crippen molar-refractivity contribution < 1.29 is 32.6 Å². The Morgan fingerprint density at radius 3 is 2.33 bits per heavy atom. The van der Waals surface area contributed by atoms with Gasteiger partial charge in [0.2, 0.25) is 11.8 Å². The summed E-state index contributed by atoms with van der Waals surface area (Å²) in [7, 11) is 4.45. The van der Waals surface area contributed by atoms with Crippen LogP contribution in [0.2, 0.25) is 0 Å². The number of carbonyl (C=O) groups excluding carboxylic acids is 2. The number of halogens is 2. The summed E-state index contributed by atoms with van der Waals surface area (Å²) in [4.78, 5) is 36.1. The van der Waals surface area contributed by atoms with Crippen LogP contribution in [0.25, 0.3) is 11.0 Å². The summed E-state index contributed by atoms with van der Waals surface area (Å²) in [6, 6.07) is 12.5. The topological polar surface area (TPSA) is 103 Å². The quantitative estimate of drug-likeness (QED) is 0.314. The predicted molar refractivity (Wildman–Crippen MR) is 139 cm³/mol. The van der Waals surface area contributed by atoms with Gasteiger partial charge in [0, 0.05) is 42.8 Å². The van der Waals surface area contributed by atoms with Crippen molar-refractivity contribution in [2.75, 3.05) is 31.5 Å². The number of nitrogens with zero attached hydrogens (tertiary/aromatic N) is 3. The third-order valence-electron chi connectivity index (χ3n) is 6.54. The molecule has 4 aromatic rings. The summed E-state index contributed by atoms with van der Waals surface area (Å²) in [5.74, 6) is -1.39. The molecule has 0 aliphatic heterocycles. The second kappa shape index (κ2) is 10.2. The van der Waals surface area contributed by atoms with Gasteiger partial charge in [-0.05, 0) is 49.2 Å². The minimum absolute atomic E-state index is 0.106. The molecule has 2 aromatic carbocycles. The van der Waals surface area contributed by atoms with Gasteiger partial charge in [0.05, 0.1) is 19.7 Å². The molecule has 2 aromatic heterocycles. The molecule has 0 atom stereocenters. The molecule has 5 rings (SSSR count). The fourth-order valence-corrected chi connectivity index (χ4v) is 4.18. The molecule has 9 nitrogen and oxygen atoms in total. The fourth-order valence-electron chi connectivity index (χ4n) is 4.18. The first-order chi connectivity index (χ1) is 18.8. The zero-order valence-corrected chi connectivity index (χ0v) is 21.3. The van der Waals surface area contributed by atoms with Gasteiger partial charge in [0.1, 0.15) is 16.7 Å². The van der Waals surface area contributed by atoms with E-state index in [1.54, 1.807) is 6.07 Å². The molecule has 2 heterocycles. The van der Waals surface area contributed by atoms with Gasteiger partial charge >= 0.3 is 0 Å². The van der Waals surface area contributed by atoms with Gasteiger partial charge in [-0.3, -0.25) is 14.6 Å². The second-order valence-corrected chi connectivity index (χ2v) is 9.00. The Balaban J connectivity index is 1.32. The molecule has 11 heteroatoms. The highest BCUT2D eigenvalue weighted by atomic mass is 19.1. The normalized spacial score (nSPS) is 13.5. The number of aromatic nitrogens is 2. The zero-order chi connectivity index (χ0) is 27.7. The molecule has 0 saturated heterocycles. The number of carbonyl (C=O) groups is 2. The molecule has 1 N–H and O–H groups in total. The van der Waals surface area contributed by atoms with Gasteiger partial charge in [0.25, 0.3) is 5.88 Å². The number of hydrogen-bond donors (Lipinski definition) is 1. The SMILES string of the molecule is COc1cc2nccc(Oc3ccc(NC(=O)C4(C(=O)N(C)c5ccc(F)cc5)CC4)cc3F)c2nc1OC. The maximum absolute atomic E-state index is 15.0. The standard InChI is InChI=1S/C28H24F2N4O5/c1-34(18-7-4-16(29)5-8-18)27(36)28(11-12-28)26(35)32-17-6-9-21(19(30)14-17)39-22-10-13-31-20-15-23(37-2)25(38-3)33-24(20)22/h4-10,13-15H,11-12H2,1-3H3,(H,32,35). The van der Waals surface area contributed by atoms with Crippen molar-refractivity contribution in [3.05, 3.63) is 72.4 Å². The maximum Gasteiger partial charge on any atom is 0.257 e. The van der Waals surface area contributed by atoms with E-state index in [1.807, 2.05) is 0 Å². The molecule has 2 amide bonds. The monoisotopic (exact) mass is 534 g/mol. The molecule has 1 aliphatic rings. The Hall–Kier alpha value is -4.80. The average molecular weight is 535 g/mol. The molecule has 39 heavy (non-hydrogen) atoms. The number of amides is 2. The van der Waals surface area contributed by atoms with Crippen LogP contribution in [0, 0.1) is 17.0 Å². The zero-order valence-electron chi connectivity index (χ0n) is 21.3. The minimum atomic E-state index is -1.27. The van der Waals surface area contributed by atoms with Gasteiger partial charge in [-0.15, -0.1) is 0 Å². The minimum Gasteiger partial charge on any atom is -0.491 e. The number of ether oxygens (including phenoxy) is 3. The number of benzene rings is 2. The number of rotatable bonds is 8. The van der Waals surface area contributed by atoms with Crippen molar-refractivity contribution in [1.82, 2.24) is 9.97 Å². The van der Waals surface area contributed by atoms with Gasteiger partial charge in [0.15, 0.2) is 23.1 Å². The van der Waals surface area contributed by atoms with Crippen molar-refractivity contribution in [1.29, 1.82) is 0 Å². The first-order valence-corrected chi connectivity index (χ1v) is 12.0. The summed E-state index contributed by atoms with van der Waals surface area (Å²) >= 11 is 0. The Kier molecular flexibility index (Phi) is 6.73. The van der Waals surface area contributed by atoms with E-state index in [1.165, 1.54) is 74.8 Å². The molecule has 200 valence electrons. The Labute approximate surface area is 222 Å². The van der Waals surface area contributed by atoms with Gasteiger partial charge in [-0.1, -0.05) is 0 Å².